The third kappa shape index (κ3) is 3.07. The van der Waals surface area contributed by atoms with E-state index in [0.717, 1.165) is 35.0 Å². The highest BCUT2D eigenvalue weighted by atomic mass is 32.2. The number of aryl methyl sites for hydroxylation is 2. The van der Waals surface area contributed by atoms with Crippen LogP contribution in [-0.4, -0.2) is 33.1 Å². The lowest BCUT2D eigenvalue weighted by atomic mass is 10.0. The van der Waals surface area contributed by atoms with Crippen LogP contribution in [-0.2, 0) is 11.2 Å². The van der Waals surface area contributed by atoms with Gasteiger partial charge in [0.2, 0.25) is 11.1 Å². The van der Waals surface area contributed by atoms with E-state index in [9.17, 15) is 9.59 Å². The van der Waals surface area contributed by atoms with Crippen molar-refractivity contribution in [2.75, 3.05) is 23.0 Å². The first kappa shape index (κ1) is 15.5. The number of nitrogens with zero attached hydrogens (tertiary/aromatic N) is 4. The molecule has 8 heteroatoms. The topological polar surface area (TPSA) is 94.1 Å². The summed E-state index contributed by atoms with van der Waals surface area (Å²) in [5.74, 6) is 5.81. The van der Waals surface area contributed by atoms with Crippen molar-refractivity contribution in [3.8, 4) is 0 Å². The van der Waals surface area contributed by atoms with E-state index in [2.05, 4.69) is 10.2 Å². The number of benzene rings is 1. The first-order valence-corrected chi connectivity index (χ1v) is 8.29. The normalized spacial score (nSPS) is 13.7. The van der Waals surface area contributed by atoms with Crippen molar-refractivity contribution in [2.24, 2.45) is 0 Å². The number of fused-ring (bicyclic) bond motifs is 1. The molecule has 0 atom stereocenters. The van der Waals surface area contributed by atoms with Gasteiger partial charge in [0.05, 0.1) is 5.75 Å². The first-order chi connectivity index (χ1) is 11.1. The first-order valence-electron chi connectivity index (χ1n) is 7.30. The fourth-order valence-electron chi connectivity index (χ4n) is 2.57. The molecule has 1 amide bonds. The Hall–Kier alpha value is -2.35. The number of amides is 1. The zero-order valence-corrected chi connectivity index (χ0v) is 13.5. The summed E-state index contributed by atoms with van der Waals surface area (Å²) in [7, 11) is 0. The Bertz CT molecular complexity index is 805. The Kier molecular flexibility index (Phi) is 4.33. The molecule has 0 spiro atoms. The Balaban J connectivity index is 1.74. The summed E-state index contributed by atoms with van der Waals surface area (Å²) in [6.07, 6.45) is 1.93. The number of para-hydroxylation sites is 1. The molecule has 1 aromatic carbocycles. The predicted molar refractivity (Wildman–Crippen MR) is 89.0 cm³/mol. The number of hydrogen-bond acceptors (Lipinski definition) is 6. The van der Waals surface area contributed by atoms with Crippen molar-refractivity contribution in [2.45, 2.75) is 24.9 Å². The molecule has 0 bridgehead atoms. The van der Waals surface area contributed by atoms with E-state index < -0.39 is 5.56 Å². The van der Waals surface area contributed by atoms with Crippen LogP contribution in [0.4, 0.5) is 5.69 Å². The lowest BCUT2D eigenvalue weighted by Crippen LogP contribution is -2.37. The van der Waals surface area contributed by atoms with Crippen molar-refractivity contribution in [1.29, 1.82) is 0 Å². The number of hydrogen-bond donors (Lipinski definition) is 1. The van der Waals surface area contributed by atoms with Crippen molar-refractivity contribution >= 4 is 23.4 Å². The van der Waals surface area contributed by atoms with Gasteiger partial charge in [-0.2, -0.15) is 4.68 Å². The maximum absolute atomic E-state index is 12.5. The van der Waals surface area contributed by atoms with Gasteiger partial charge in [-0.3, -0.25) is 9.59 Å². The van der Waals surface area contributed by atoms with Crippen LogP contribution in [0.3, 0.4) is 0 Å². The summed E-state index contributed by atoms with van der Waals surface area (Å²) in [5.41, 5.74) is 1.97. The summed E-state index contributed by atoms with van der Waals surface area (Å²) in [6, 6.07) is 7.92. The number of carbonyl (C=O) groups excluding carboxylic acids is 1. The maximum Gasteiger partial charge on any atom is 0.294 e. The van der Waals surface area contributed by atoms with E-state index in [0.29, 0.717) is 6.54 Å². The SMILES string of the molecule is Cc1nnc(SCC(=O)N2CCCc3ccccc32)n(N)c1=O. The minimum absolute atomic E-state index is 0.0306. The highest BCUT2D eigenvalue weighted by molar-refractivity contribution is 7.99. The molecule has 3 rings (SSSR count). The van der Waals surface area contributed by atoms with Gasteiger partial charge in [0.25, 0.3) is 5.56 Å². The van der Waals surface area contributed by atoms with Crippen molar-refractivity contribution in [3.63, 3.8) is 0 Å². The maximum atomic E-state index is 12.5. The summed E-state index contributed by atoms with van der Waals surface area (Å²) < 4.78 is 0.935. The average Bonchev–Trinajstić information content (AvgIpc) is 2.58. The van der Waals surface area contributed by atoms with Crippen LogP contribution in [0, 0.1) is 6.92 Å². The molecular weight excluding hydrogens is 314 g/mol. The van der Waals surface area contributed by atoms with Gasteiger partial charge >= 0.3 is 0 Å². The van der Waals surface area contributed by atoms with Crippen LogP contribution >= 0.6 is 11.8 Å². The number of anilines is 1. The second kappa shape index (κ2) is 6.41. The largest absolute Gasteiger partial charge is 0.334 e. The highest BCUT2D eigenvalue weighted by Gasteiger charge is 2.22. The zero-order valence-electron chi connectivity index (χ0n) is 12.7. The van der Waals surface area contributed by atoms with Crippen LogP contribution in [0.25, 0.3) is 0 Å². The molecule has 0 saturated heterocycles. The second-order valence-corrected chi connectivity index (χ2v) is 6.25. The summed E-state index contributed by atoms with van der Waals surface area (Å²) in [5, 5.41) is 7.87. The van der Waals surface area contributed by atoms with Gasteiger partial charge in [0.15, 0.2) is 0 Å². The molecule has 0 aliphatic carbocycles. The van der Waals surface area contributed by atoms with Gasteiger partial charge in [0.1, 0.15) is 5.69 Å². The standard InChI is InChI=1S/C15H17N5O2S/c1-10-14(22)20(16)15(18-17-10)23-9-13(21)19-8-4-6-11-5-2-3-7-12(11)19/h2-3,5,7H,4,6,8-9,16H2,1H3. The molecule has 2 heterocycles. The number of thioether (sulfide) groups is 1. The molecule has 2 aromatic rings. The fraction of sp³-hybridized carbons (Fsp3) is 0.333. The van der Waals surface area contributed by atoms with Crippen molar-refractivity contribution in [1.82, 2.24) is 14.9 Å². The Morgan fingerprint density at radius 3 is 2.96 bits per heavy atom. The molecule has 1 aromatic heterocycles. The van der Waals surface area contributed by atoms with Gasteiger partial charge in [-0.05, 0) is 31.4 Å². The quantitative estimate of drug-likeness (QED) is 0.658. The van der Waals surface area contributed by atoms with E-state index in [4.69, 9.17) is 5.84 Å². The molecule has 0 saturated carbocycles. The Labute approximate surface area is 137 Å². The third-order valence-corrected chi connectivity index (χ3v) is 4.68. The summed E-state index contributed by atoms with van der Waals surface area (Å²) in [6.45, 7) is 2.24. The van der Waals surface area contributed by atoms with E-state index >= 15 is 0 Å². The lowest BCUT2D eigenvalue weighted by molar-refractivity contribution is -0.116. The van der Waals surface area contributed by atoms with Crippen LogP contribution < -0.4 is 16.3 Å². The highest BCUT2D eigenvalue weighted by Crippen LogP contribution is 2.27. The van der Waals surface area contributed by atoms with E-state index in [1.165, 1.54) is 5.56 Å². The predicted octanol–water partition coefficient (Wildman–Crippen LogP) is 0.732. The molecule has 1 aliphatic rings. The third-order valence-electron chi connectivity index (χ3n) is 3.76. The van der Waals surface area contributed by atoms with Crippen molar-refractivity contribution in [3.05, 3.63) is 45.9 Å². The van der Waals surface area contributed by atoms with Gasteiger partial charge in [-0.1, -0.05) is 30.0 Å². The van der Waals surface area contributed by atoms with Crippen LogP contribution in [0.2, 0.25) is 0 Å². The Morgan fingerprint density at radius 1 is 1.35 bits per heavy atom. The average molecular weight is 331 g/mol. The number of nitrogens with two attached hydrogens (primary N) is 1. The molecule has 120 valence electrons. The minimum Gasteiger partial charge on any atom is -0.334 e. The number of rotatable bonds is 3. The van der Waals surface area contributed by atoms with Gasteiger partial charge in [0, 0.05) is 12.2 Å². The minimum atomic E-state index is -0.404. The smallest absolute Gasteiger partial charge is 0.294 e. The van der Waals surface area contributed by atoms with E-state index in [1.807, 2.05) is 24.3 Å². The molecular formula is C15H17N5O2S. The molecule has 0 radical (unpaired) electrons. The van der Waals surface area contributed by atoms with E-state index in [-0.39, 0.29) is 22.5 Å². The zero-order chi connectivity index (χ0) is 16.4. The molecule has 7 nitrogen and oxygen atoms in total. The monoisotopic (exact) mass is 331 g/mol. The van der Waals surface area contributed by atoms with Gasteiger partial charge in [-0.15, -0.1) is 10.2 Å². The van der Waals surface area contributed by atoms with Crippen LogP contribution in [0.5, 0.6) is 0 Å². The number of nitrogen functional groups attached to an aromatic ring is 1. The van der Waals surface area contributed by atoms with Gasteiger partial charge in [-0.25, -0.2) is 0 Å². The number of carbonyl (C=O) groups is 1. The molecule has 0 unspecified atom stereocenters. The molecule has 1 aliphatic heterocycles. The molecule has 23 heavy (non-hydrogen) atoms. The lowest BCUT2D eigenvalue weighted by Gasteiger charge is -2.29. The van der Waals surface area contributed by atoms with E-state index in [1.54, 1.807) is 11.8 Å². The fourth-order valence-corrected chi connectivity index (χ4v) is 3.29. The van der Waals surface area contributed by atoms with Crippen molar-refractivity contribution < 1.29 is 4.79 Å². The summed E-state index contributed by atoms with van der Waals surface area (Å²) in [4.78, 5) is 26.0. The van der Waals surface area contributed by atoms with Crippen LogP contribution in [0.1, 0.15) is 17.7 Å². The van der Waals surface area contributed by atoms with Gasteiger partial charge < -0.3 is 10.7 Å². The Morgan fingerprint density at radius 2 is 2.13 bits per heavy atom. The summed E-state index contributed by atoms with van der Waals surface area (Å²) >= 11 is 1.12. The number of aromatic nitrogens is 3. The molecule has 0 fully saturated rings. The van der Waals surface area contributed by atoms with Crippen LogP contribution in [0.15, 0.2) is 34.2 Å². The molecule has 2 N–H and O–H groups in total. The second-order valence-electron chi connectivity index (χ2n) is 5.31.